The maximum absolute atomic E-state index is 0. The van der Waals surface area contributed by atoms with E-state index in [4.69, 9.17) is 0 Å². The second-order valence-corrected chi connectivity index (χ2v) is 0. The molecule has 4 heteroatoms. The number of hydrogen-bond donors (Lipinski definition) is 0. The van der Waals surface area contributed by atoms with Crippen LogP contribution in [0.5, 0.6) is 0 Å². The van der Waals surface area contributed by atoms with E-state index in [0.717, 1.165) is 0 Å². The zero-order valence-electron chi connectivity index (χ0n) is 1.77. The first kappa shape index (κ1) is 23.9. The molecular weight excluding hydrogens is 795 g/mol. The fourth-order valence-corrected chi connectivity index (χ4v) is 0. The standard InChI is InChI=1S/3Pb.Yb. The molecule has 4 heavy (non-hydrogen) atoms. The Balaban J connectivity index is 0. The summed E-state index contributed by atoms with van der Waals surface area (Å²) in [5.41, 5.74) is 0. The molecule has 0 rings (SSSR count). The van der Waals surface area contributed by atoms with Crippen LogP contribution in [0.4, 0.5) is 0 Å². The predicted octanol–water partition coefficient (Wildman–Crippen LogP) is -1.14. The molecule has 0 N–H and O–H groups in total. The summed E-state index contributed by atoms with van der Waals surface area (Å²) < 4.78 is 0. The Bertz CT molecular complexity index is 3.25. The fraction of sp³-hybridized carbons (Fsp3) is 0. The zero-order valence-corrected chi connectivity index (χ0v) is 15.1. The summed E-state index contributed by atoms with van der Waals surface area (Å²) >= 11 is 0. The van der Waals surface area contributed by atoms with Crippen molar-refractivity contribution >= 4 is 81.9 Å². The second kappa shape index (κ2) is 15.7. The fourth-order valence-electron chi connectivity index (χ4n) is 0. The molecule has 26 valence electrons. The van der Waals surface area contributed by atoms with Crippen LogP contribution in [0.1, 0.15) is 0 Å². The minimum atomic E-state index is 0. The van der Waals surface area contributed by atoms with Crippen molar-refractivity contribution in [2.75, 3.05) is 0 Å². The van der Waals surface area contributed by atoms with Crippen LogP contribution in [-0.2, 0) is 0 Å². The van der Waals surface area contributed by atoms with E-state index in [1.807, 2.05) is 0 Å². The molecule has 0 bridgehead atoms. The van der Waals surface area contributed by atoms with Crippen LogP contribution in [-0.4, -0.2) is 81.9 Å². The van der Waals surface area contributed by atoms with Gasteiger partial charge in [0.05, 0.1) is 0 Å². The molecule has 0 fully saturated rings. The molecule has 0 aromatic heterocycles. The summed E-state index contributed by atoms with van der Waals surface area (Å²) in [6.07, 6.45) is 0. The first-order valence-electron chi connectivity index (χ1n) is 0. The molecule has 0 aliphatic carbocycles. The predicted molar refractivity (Wildman–Crippen MR) is 17.3 cm³/mol. The Morgan fingerprint density at radius 3 is 0.500 bits per heavy atom. The van der Waals surface area contributed by atoms with E-state index in [-0.39, 0.29) is 129 Å². The van der Waals surface area contributed by atoms with Crippen molar-refractivity contribution in [3.8, 4) is 0 Å². The minimum Gasteiger partial charge on any atom is 0 e. The van der Waals surface area contributed by atoms with Gasteiger partial charge in [-0.1, -0.05) is 0 Å². The Labute approximate surface area is 125 Å². The van der Waals surface area contributed by atoms with Crippen molar-refractivity contribution in [3.63, 3.8) is 0 Å². The topological polar surface area (TPSA) is 0 Å². The average Bonchev–Trinajstić information content (AvgIpc) is 0. The van der Waals surface area contributed by atoms with E-state index in [1.54, 1.807) is 0 Å². The zero-order chi connectivity index (χ0) is 0. The van der Waals surface area contributed by atoms with E-state index in [9.17, 15) is 0 Å². The van der Waals surface area contributed by atoms with Crippen LogP contribution in [0, 0.1) is 46.9 Å². The molecule has 0 atom stereocenters. The van der Waals surface area contributed by atoms with Gasteiger partial charge in [0.15, 0.2) is 0 Å². The monoisotopic (exact) mass is 798 g/mol. The Morgan fingerprint density at radius 2 is 0.500 bits per heavy atom. The van der Waals surface area contributed by atoms with Crippen LogP contribution in [0.3, 0.4) is 0 Å². The Kier molecular flexibility index (Phi) is 93.8. The van der Waals surface area contributed by atoms with E-state index in [2.05, 4.69) is 0 Å². The molecule has 0 aliphatic heterocycles. The quantitative estimate of drug-likeness (QED) is 0.273. The van der Waals surface area contributed by atoms with Crippen molar-refractivity contribution < 1.29 is 46.9 Å². The summed E-state index contributed by atoms with van der Waals surface area (Å²) in [6.45, 7) is 0. The molecule has 0 heterocycles. The van der Waals surface area contributed by atoms with Crippen molar-refractivity contribution in [1.29, 1.82) is 0 Å². The largest absolute Gasteiger partial charge is 0 e. The summed E-state index contributed by atoms with van der Waals surface area (Å²) in [5.74, 6) is 0. The molecule has 0 aromatic carbocycles. The third kappa shape index (κ3) is 9.56. The van der Waals surface area contributed by atoms with Gasteiger partial charge in [-0.2, -0.15) is 0 Å². The van der Waals surface area contributed by atoms with Gasteiger partial charge in [0.25, 0.3) is 0 Å². The molecular formula is Pb3Yb. The first-order valence-corrected chi connectivity index (χ1v) is 0. The summed E-state index contributed by atoms with van der Waals surface area (Å²) in [6, 6.07) is 0. The van der Waals surface area contributed by atoms with Gasteiger partial charge in [-0.15, -0.1) is 0 Å². The average molecular weight is 795 g/mol. The molecule has 0 unspecified atom stereocenters. The molecule has 0 amide bonds. The normalized spacial score (nSPS) is 0. The van der Waals surface area contributed by atoms with Gasteiger partial charge in [0, 0.05) is 129 Å². The minimum absolute atomic E-state index is 0. The third-order valence-corrected chi connectivity index (χ3v) is 0. The molecule has 0 aromatic rings. The Morgan fingerprint density at radius 1 is 0.500 bits per heavy atom. The van der Waals surface area contributed by atoms with Crippen LogP contribution < -0.4 is 0 Å². The number of rotatable bonds is 0. The Hall–Kier alpha value is 4.29. The van der Waals surface area contributed by atoms with Gasteiger partial charge < -0.3 is 0 Å². The molecule has 12 radical (unpaired) electrons. The third-order valence-electron chi connectivity index (χ3n) is 0. The van der Waals surface area contributed by atoms with E-state index < -0.39 is 0 Å². The van der Waals surface area contributed by atoms with Crippen LogP contribution in [0.15, 0.2) is 0 Å². The van der Waals surface area contributed by atoms with Gasteiger partial charge in [-0.25, -0.2) is 0 Å². The van der Waals surface area contributed by atoms with Crippen molar-refractivity contribution in [2.24, 2.45) is 0 Å². The van der Waals surface area contributed by atoms with Gasteiger partial charge in [0.2, 0.25) is 0 Å². The van der Waals surface area contributed by atoms with E-state index in [0.29, 0.717) is 0 Å². The van der Waals surface area contributed by atoms with Gasteiger partial charge in [0.1, 0.15) is 0 Å². The summed E-state index contributed by atoms with van der Waals surface area (Å²) in [5, 5.41) is 0. The maximum Gasteiger partial charge on any atom is 0 e. The van der Waals surface area contributed by atoms with Gasteiger partial charge in [-0.05, 0) is 0 Å². The summed E-state index contributed by atoms with van der Waals surface area (Å²) in [7, 11) is 0. The van der Waals surface area contributed by atoms with Crippen molar-refractivity contribution in [3.05, 3.63) is 0 Å². The molecule has 0 saturated heterocycles. The van der Waals surface area contributed by atoms with Crippen LogP contribution >= 0.6 is 0 Å². The second-order valence-electron chi connectivity index (χ2n) is 0. The SMILES string of the molecule is [Pb].[Pb].[Pb].[Yb]. The maximum atomic E-state index is 0. The molecule has 0 saturated carbocycles. The van der Waals surface area contributed by atoms with Crippen LogP contribution in [0.2, 0.25) is 0 Å². The summed E-state index contributed by atoms with van der Waals surface area (Å²) in [4.78, 5) is 0. The van der Waals surface area contributed by atoms with E-state index >= 15 is 0 Å². The van der Waals surface area contributed by atoms with Crippen molar-refractivity contribution in [1.82, 2.24) is 0 Å². The molecule has 0 spiro atoms. The van der Waals surface area contributed by atoms with Gasteiger partial charge >= 0.3 is 0 Å². The molecule has 0 aliphatic rings. The van der Waals surface area contributed by atoms with Gasteiger partial charge in [-0.3, -0.25) is 0 Å². The molecule has 0 nitrogen and oxygen atoms in total. The number of hydrogen-bond acceptors (Lipinski definition) is 0. The van der Waals surface area contributed by atoms with E-state index in [1.165, 1.54) is 0 Å². The van der Waals surface area contributed by atoms with Crippen molar-refractivity contribution in [2.45, 2.75) is 0 Å². The van der Waals surface area contributed by atoms with Crippen LogP contribution in [0.25, 0.3) is 0 Å². The first-order chi connectivity index (χ1) is 0. The smallest absolute Gasteiger partial charge is 0 e.